The van der Waals surface area contributed by atoms with Crippen LogP contribution in [0.2, 0.25) is 0 Å². The van der Waals surface area contributed by atoms with Crippen LogP contribution in [-0.4, -0.2) is 49.7 Å². The summed E-state index contributed by atoms with van der Waals surface area (Å²) in [6.45, 7) is 18.1. The molecule has 0 amide bonds. The number of pyridine rings is 1. The molecule has 0 spiro atoms. The average Bonchev–Trinajstić information content (AvgIpc) is 3.30. The molecule has 212 valence electrons. The summed E-state index contributed by atoms with van der Waals surface area (Å²) in [7, 11) is 0. The number of imidazole rings is 1. The van der Waals surface area contributed by atoms with Crippen molar-refractivity contribution in [2.45, 2.75) is 86.4 Å². The molecule has 4 rings (SSSR count). The van der Waals surface area contributed by atoms with E-state index in [1.165, 1.54) is 23.5 Å². The molecule has 0 bridgehead atoms. The Morgan fingerprint density at radius 1 is 1.08 bits per heavy atom. The Morgan fingerprint density at radius 2 is 1.68 bits per heavy atom. The minimum absolute atomic E-state index is 0.171. The largest absolute Gasteiger partial charge is 0.462 e. The van der Waals surface area contributed by atoms with Crippen molar-refractivity contribution in [3.8, 4) is 11.4 Å². The van der Waals surface area contributed by atoms with Gasteiger partial charge in [-0.25, -0.2) is 14.5 Å². The van der Waals surface area contributed by atoms with E-state index in [9.17, 15) is 18.0 Å². The summed E-state index contributed by atoms with van der Waals surface area (Å²) in [6.07, 6.45) is 2.99. The van der Waals surface area contributed by atoms with Crippen LogP contribution < -0.4 is 4.90 Å². The quantitative estimate of drug-likeness (QED) is 0.337. The molecule has 38 heavy (non-hydrogen) atoms. The molecule has 1 fully saturated rings. The zero-order valence-electron chi connectivity index (χ0n) is 23.7. The zero-order valence-corrected chi connectivity index (χ0v) is 23.7. The van der Waals surface area contributed by atoms with E-state index in [2.05, 4.69) is 50.5 Å². The standard InChI is InChI=1S/C17H17F3N6.C5H10O2.C3H8.C2H6/c1-11-3-6-25(7-4-11)15-16-22-9-14(26(16)24-10-23-15)13-8-12(2-5-21-13)17(18,19)20;1-5(2,3)7-4-6;1-3-2;1-2/h2,5,8-11H,3-4,6-7H2,1H3;4H,1-3H3;3H2,1-2H3;1-2H3. The minimum Gasteiger partial charge on any atom is -0.462 e. The van der Waals surface area contributed by atoms with Gasteiger partial charge in [0.25, 0.3) is 6.47 Å². The lowest BCUT2D eigenvalue weighted by Gasteiger charge is -2.30. The third-order valence-corrected chi connectivity index (χ3v) is 5.12. The first-order chi connectivity index (χ1) is 17.9. The molecule has 0 N–H and O–H groups in total. The smallest absolute Gasteiger partial charge is 0.416 e. The van der Waals surface area contributed by atoms with Gasteiger partial charge in [-0.15, -0.1) is 0 Å². The van der Waals surface area contributed by atoms with Crippen LogP contribution in [0.15, 0.2) is 30.9 Å². The predicted octanol–water partition coefficient (Wildman–Crippen LogP) is 6.84. The van der Waals surface area contributed by atoms with Crippen molar-refractivity contribution in [3.05, 3.63) is 36.4 Å². The Morgan fingerprint density at radius 3 is 2.18 bits per heavy atom. The van der Waals surface area contributed by atoms with Gasteiger partial charge in [0, 0.05) is 19.3 Å². The van der Waals surface area contributed by atoms with E-state index in [1.807, 2.05) is 34.6 Å². The Hall–Kier alpha value is -3.24. The van der Waals surface area contributed by atoms with Crippen LogP contribution >= 0.6 is 0 Å². The Balaban J connectivity index is 0.000000512. The van der Waals surface area contributed by atoms with E-state index in [4.69, 9.17) is 0 Å². The highest BCUT2D eigenvalue weighted by atomic mass is 19.4. The number of rotatable bonds is 3. The van der Waals surface area contributed by atoms with E-state index in [-0.39, 0.29) is 11.3 Å². The molecule has 1 aliphatic rings. The maximum atomic E-state index is 13.0. The lowest BCUT2D eigenvalue weighted by atomic mass is 9.99. The van der Waals surface area contributed by atoms with Gasteiger partial charge in [0.2, 0.25) is 0 Å². The molecule has 0 aliphatic carbocycles. The van der Waals surface area contributed by atoms with Gasteiger partial charge in [0.05, 0.1) is 17.5 Å². The van der Waals surface area contributed by atoms with Crippen LogP contribution in [0.4, 0.5) is 19.0 Å². The van der Waals surface area contributed by atoms with Crippen molar-refractivity contribution in [1.29, 1.82) is 0 Å². The summed E-state index contributed by atoms with van der Waals surface area (Å²) < 4.78 is 45.0. The monoisotopic (exact) mass is 538 g/mol. The number of hydrogen-bond donors (Lipinski definition) is 0. The first-order valence-electron chi connectivity index (χ1n) is 13.0. The number of halogens is 3. The van der Waals surface area contributed by atoms with Gasteiger partial charge < -0.3 is 9.64 Å². The highest BCUT2D eigenvalue weighted by Crippen LogP contribution is 2.32. The Kier molecular flexibility index (Phi) is 13.1. The molecule has 8 nitrogen and oxygen atoms in total. The Labute approximate surface area is 223 Å². The van der Waals surface area contributed by atoms with Gasteiger partial charge in [-0.05, 0) is 51.7 Å². The van der Waals surface area contributed by atoms with Crippen molar-refractivity contribution in [1.82, 2.24) is 24.6 Å². The molecule has 4 heterocycles. The Bertz CT molecular complexity index is 1100. The molecule has 1 aliphatic heterocycles. The number of nitrogens with zero attached hydrogens (tertiary/aromatic N) is 6. The van der Waals surface area contributed by atoms with E-state index < -0.39 is 11.7 Å². The van der Waals surface area contributed by atoms with Crippen LogP contribution in [0.3, 0.4) is 0 Å². The van der Waals surface area contributed by atoms with Crippen LogP contribution in [0.5, 0.6) is 0 Å². The molecule has 0 atom stereocenters. The molecule has 3 aromatic rings. The second-order valence-electron chi connectivity index (χ2n) is 9.59. The molecule has 0 saturated carbocycles. The number of hydrogen-bond acceptors (Lipinski definition) is 7. The molecule has 11 heteroatoms. The number of carbonyl (C=O) groups is 1. The summed E-state index contributed by atoms with van der Waals surface area (Å²) in [4.78, 5) is 24.5. The number of piperidine rings is 1. The topological polar surface area (TPSA) is 85.5 Å². The van der Waals surface area contributed by atoms with Gasteiger partial charge in [-0.1, -0.05) is 41.0 Å². The molecular weight excluding hydrogens is 497 g/mol. The van der Waals surface area contributed by atoms with Gasteiger partial charge in [-0.3, -0.25) is 9.78 Å². The third-order valence-electron chi connectivity index (χ3n) is 5.12. The molecule has 0 radical (unpaired) electrons. The fourth-order valence-corrected chi connectivity index (χ4v) is 3.31. The lowest BCUT2D eigenvalue weighted by Crippen LogP contribution is -2.33. The fourth-order valence-electron chi connectivity index (χ4n) is 3.31. The highest BCUT2D eigenvalue weighted by molar-refractivity contribution is 5.69. The average molecular weight is 539 g/mol. The number of alkyl halides is 3. The number of carbonyl (C=O) groups excluding carboxylic acids is 1. The maximum absolute atomic E-state index is 13.0. The van der Waals surface area contributed by atoms with Crippen molar-refractivity contribution in [3.63, 3.8) is 0 Å². The van der Waals surface area contributed by atoms with Crippen LogP contribution in [0, 0.1) is 5.92 Å². The number of aromatic nitrogens is 5. The van der Waals surface area contributed by atoms with Crippen molar-refractivity contribution in [2.75, 3.05) is 18.0 Å². The van der Waals surface area contributed by atoms with Crippen molar-refractivity contribution >= 4 is 17.9 Å². The van der Waals surface area contributed by atoms with Gasteiger partial charge >= 0.3 is 6.18 Å². The second-order valence-corrected chi connectivity index (χ2v) is 9.59. The van der Waals surface area contributed by atoms with Crippen molar-refractivity contribution < 1.29 is 22.7 Å². The predicted molar refractivity (Wildman–Crippen MR) is 144 cm³/mol. The third kappa shape index (κ3) is 9.90. The van der Waals surface area contributed by atoms with E-state index >= 15 is 0 Å². The first-order valence-corrected chi connectivity index (χ1v) is 13.0. The second kappa shape index (κ2) is 15.2. The van der Waals surface area contributed by atoms with E-state index in [0.717, 1.165) is 44.3 Å². The normalized spacial score (nSPS) is 13.8. The van der Waals surface area contributed by atoms with Crippen LogP contribution in [0.25, 0.3) is 17.0 Å². The summed E-state index contributed by atoms with van der Waals surface area (Å²) in [5.74, 6) is 1.37. The number of fused-ring (bicyclic) bond motifs is 1. The summed E-state index contributed by atoms with van der Waals surface area (Å²) in [6, 6.07) is 1.95. The van der Waals surface area contributed by atoms with Crippen LogP contribution in [0.1, 0.15) is 80.2 Å². The van der Waals surface area contributed by atoms with Gasteiger partial charge in [0.1, 0.15) is 17.6 Å². The molecule has 0 aromatic carbocycles. The molecule has 0 unspecified atom stereocenters. The first kappa shape index (κ1) is 32.8. The number of ether oxygens (including phenoxy) is 1. The molecule has 3 aromatic heterocycles. The lowest BCUT2D eigenvalue weighted by molar-refractivity contribution is -0.139. The zero-order chi connectivity index (χ0) is 28.9. The fraction of sp³-hybridized carbons (Fsp3) is 0.593. The van der Waals surface area contributed by atoms with Gasteiger partial charge in [0.15, 0.2) is 11.5 Å². The van der Waals surface area contributed by atoms with E-state index in [1.54, 1.807) is 0 Å². The summed E-state index contributed by atoms with van der Waals surface area (Å²) in [5, 5.41) is 4.17. The molecular formula is C27H41F3N6O2. The van der Waals surface area contributed by atoms with Gasteiger partial charge in [-0.2, -0.15) is 18.3 Å². The summed E-state index contributed by atoms with van der Waals surface area (Å²) >= 11 is 0. The van der Waals surface area contributed by atoms with Crippen LogP contribution in [-0.2, 0) is 15.7 Å². The SMILES string of the molecule is CC.CC(C)(C)OC=O.CC1CCN(c2ncnn3c(-c4cc(C(F)(F)F)ccn4)cnc23)CC1.CCC. The highest BCUT2D eigenvalue weighted by Gasteiger charge is 2.31. The maximum Gasteiger partial charge on any atom is 0.416 e. The summed E-state index contributed by atoms with van der Waals surface area (Å²) in [5.41, 5.74) is 0.0271. The minimum atomic E-state index is -4.43. The number of anilines is 1. The van der Waals surface area contributed by atoms with Crippen molar-refractivity contribution in [2.24, 2.45) is 5.92 Å². The van der Waals surface area contributed by atoms with E-state index in [0.29, 0.717) is 29.5 Å². The molecule has 1 saturated heterocycles.